The lowest BCUT2D eigenvalue weighted by atomic mass is 10.2. The Labute approximate surface area is 55.7 Å². The number of rotatable bonds is 2. The number of nitrogens with two attached hydrogens (primary N) is 1. The normalized spacial score (nSPS) is 14.1. The highest BCUT2D eigenvalue weighted by molar-refractivity contribution is 5.18. The average molecular weight is 127 g/mol. The van der Waals surface area contributed by atoms with Crippen molar-refractivity contribution >= 4 is 0 Å². The van der Waals surface area contributed by atoms with Gasteiger partial charge in [-0.1, -0.05) is 6.08 Å². The molecule has 0 unspecified atom stereocenters. The summed E-state index contributed by atoms with van der Waals surface area (Å²) < 4.78 is 0. The summed E-state index contributed by atoms with van der Waals surface area (Å²) in [5.74, 6) is 0. The lowest BCUT2D eigenvalue weighted by molar-refractivity contribution is 0.331. The molecule has 0 aromatic rings. The Morgan fingerprint density at radius 3 is 2.56 bits per heavy atom. The van der Waals surface area contributed by atoms with Crippen LogP contribution in [0.15, 0.2) is 23.4 Å². The molecule has 0 fully saturated rings. The Morgan fingerprint density at radius 1 is 1.67 bits per heavy atom. The van der Waals surface area contributed by atoms with E-state index in [0.717, 1.165) is 5.57 Å². The number of aliphatic hydroxyl groups excluding tert-OH is 1. The molecule has 0 aliphatic carbocycles. The van der Waals surface area contributed by atoms with Crippen molar-refractivity contribution in [1.29, 1.82) is 0 Å². The Bertz CT molecular complexity index is 136. The zero-order chi connectivity index (χ0) is 7.28. The smallest absolute Gasteiger partial charge is 0.0642 e. The van der Waals surface area contributed by atoms with Crippen LogP contribution in [0.1, 0.15) is 13.8 Å². The monoisotopic (exact) mass is 127 g/mol. The van der Waals surface area contributed by atoms with Crippen molar-refractivity contribution in [2.24, 2.45) is 5.73 Å². The zero-order valence-electron chi connectivity index (χ0n) is 5.89. The van der Waals surface area contributed by atoms with Crippen LogP contribution in [0.2, 0.25) is 0 Å². The molecule has 0 aliphatic heterocycles. The van der Waals surface area contributed by atoms with Gasteiger partial charge in [-0.15, -0.1) is 0 Å². The quantitative estimate of drug-likeness (QED) is 0.539. The summed E-state index contributed by atoms with van der Waals surface area (Å²) in [5, 5.41) is 8.53. The van der Waals surface area contributed by atoms with E-state index in [2.05, 4.69) is 0 Å². The molecule has 0 amide bonds. The maximum atomic E-state index is 8.53. The summed E-state index contributed by atoms with van der Waals surface area (Å²) in [4.78, 5) is 0. The van der Waals surface area contributed by atoms with Crippen molar-refractivity contribution in [3.05, 3.63) is 23.4 Å². The second kappa shape index (κ2) is 4.15. The van der Waals surface area contributed by atoms with Crippen molar-refractivity contribution in [3.8, 4) is 0 Å². The fourth-order valence-corrected chi connectivity index (χ4v) is 0.413. The predicted molar refractivity (Wildman–Crippen MR) is 38.8 cm³/mol. The lowest BCUT2D eigenvalue weighted by Crippen LogP contribution is -1.94. The SMILES string of the molecule is C/C=C(N)\C=C(\C)CO. The van der Waals surface area contributed by atoms with Gasteiger partial charge in [-0.05, 0) is 25.5 Å². The summed E-state index contributed by atoms with van der Waals surface area (Å²) in [5.41, 5.74) is 7.00. The fourth-order valence-electron chi connectivity index (χ4n) is 0.413. The number of hydrogen-bond donors (Lipinski definition) is 2. The molecule has 2 heteroatoms. The van der Waals surface area contributed by atoms with Crippen LogP contribution in [0.4, 0.5) is 0 Å². The Hall–Kier alpha value is -0.760. The van der Waals surface area contributed by atoms with Crippen LogP contribution in [-0.4, -0.2) is 11.7 Å². The highest BCUT2D eigenvalue weighted by atomic mass is 16.3. The molecule has 0 aliphatic rings. The lowest BCUT2D eigenvalue weighted by Gasteiger charge is -1.93. The van der Waals surface area contributed by atoms with Crippen molar-refractivity contribution in [1.82, 2.24) is 0 Å². The van der Waals surface area contributed by atoms with Gasteiger partial charge in [0.25, 0.3) is 0 Å². The van der Waals surface area contributed by atoms with E-state index in [1.165, 1.54) is 0 Å². The maximum Gasteiger partial charge on any atom is 0.0642 e. The van der Waals surface area contributed by atoms with E-state index in [-0.39, 0.29) is 6.61 Å². The minimum Gasteiger partial charge on any atom is -0.399 e. The molecule has 0 atom stereocenters. The first kappa shape index (κ1) is 8.24. The molecule has 0 aromatic carbocycles. The Kier molecular flexibility index (Phi) is 3.80. The summed E-state index contributed by atoms with van der Waals surface area (Å²) in [6.45, 7) is 3.77. The number of aliphatic hydroxyl groups is 1. The molecule has 0 saturated carbocycles. The maximum absolute atomic E-state index is 8.53. The largest absolute Gasteiger partial charge is 0.399 e. The summed E-state index contributed by atoms with van der Waals surface area (Å²) in [7, 11) is 0. The van der Waals surface area contributed by atoms with E-state index in [1.54, 1.807) is 12.2 Å². The van der Waals surface area contributed by atoms with E-state index in [1.807, 2.05) is 13.8 Å². The van der Waals surface area contributed by atoms with Crippen molar-refractivity contribution in [2.75, 3.05) is 6.61 Å². The highest BCUT2D eigenvalue weighted by Gasteiger charge is 1.84. The third-order valence-corrected chi connectivity index (χ3v) is 0.996. The molecular weight excluding hydrogens is 114 g/mol. The molecule has 0 rings (SSSR count). The van der Waals surface area contributed by atoms with Gasteiger partial charge in [0.2, 0.25) is 0 Å². The van der Waals surface area contributed by atoms with Gasteiger partial charge < -0.3 is 10.8 Å². The molecule has 0 bridgehead atoms. The van der Waals surface area contributed by atoms with E-state index in [9.17, 15) is 0 Å². The van der Waals surface area contributed by atoms with E-state index in [4.69, 9.17) is 10.8 Å². The second-order valence-electron chi connectivity index (χ2n) is 1.94. The van der Waals surface area contributed by atoms with E-state index >= 15 is 0 Å². The van der Waals surface area contributed by atoms with Gasteiger partial charge in [0.05, 0.1) is 6.61 Å². The van der Waals surface area contributed by atoms with Crippen LogP contribution in [0.5, 0.6) is 0 Å². The van der Waals surface area contributed by atoms with E-state index < -0.39 is 0 Å². The highest BCUT2D eigenvalue weighted by Crippen LogP contribution is 1.94. The van der Waals surface area contributed by atoms with Crippen LogP contribution in [0, 0.1) is 0 Å². The predicted octanol–water partition coefficient (Wildman–Crippen LogP) is 0.788. The minimum absolute atomic E-state index is 0.0779. The van der Waals surface area contributed by atoms with Crippen molar-refractivity contribution in [2.45, 2.75) is 13.8 Å². The standard InChI is InChI=1S/C7H13NO/c1-3-7(8)4-6(2)5-9/h3-4,9H,5,8H2,1-2H3/b6-4-,7-3+. The first-order valence-corrected chi connectivity index (χ1v) is 2.90. The summed E-state index contributed by atoms with van der Waals surface area (Å²) in [6.07, 6.45) is 3.54. The summed E-state index contributed by atoms with van der Waals surface area (Å²) in [6, 6.07) is 0. The van der Waals surface area contributed by atoms with Gasteiger partial charge in [-0.3, -0.25) is 0 Å². The molecule has 0 spiro atoms. The zero-order valence-corrected chi connectivity index (χ0v) is 5.89. The van der Waals surface area contributed by atoms with Gasteiger partial charge in [0.15, 0.2) is 0 Å². The van der Waals surface area contributed by atoms with E-state index in [0.29, 0.717) is 5.70 Å². The molecule has 9 heavy (non-hydrogen) atoms. The average Bonchev–Trinajstić information content (AvgIpc) is 1.87. The molecule has 3 N–H and O–H groups in total. The first-order chi connectivity index (χ1) is 4.20. The van der Waals surface area contributed by atoms with Gasteiger partial charge >= 0.3 is 0 Å². The second-order valence-corrected chi connectivity index (χ2v) is 1.94. The van der Waals surface area contributed by atoms with Gasteiger partial charge in [-0.2, -0.15) is 0 Å². The van der Waals surface area contributed by atoms with Crippen molar-refractivity contribution in [3.63, 3.8) is 0 Å². The van der Waals surface area contributed by atoms with Crippen LogP contribution in [0.25, 0.3) is 0 Å². The van der Waals surface area contributed by atoms with Crippen LogP contribution < -0.4 is 5.73 Å². The first-order valence-electron chi connectivity index (χ1n) is 2.90. The Balaban J connectivity index is 3.95. The third-order valence-electron chi connectivity index (χ3n) is 0.996. The molecule has 0 radical (unpaired) electrons. The molecule has 0 aromatic heterocycles. The fraction of sp³-hybridized carbons (Fsp3) is 0.429. The van der Waals surface area contributed by atoms with Crippen molar-refractivity contribution < 1.29 is 5.11 Å². The molecule has 2 nitrogen and oxygen atoms in total. The third kappa shape index (κ3) is 3.79. The van der Waals surface area contributed by atoms with Gasteiger partial charge in [-0.25, -0.2) is 0 Å². The van der Waals surface area contributed by atoms with Crippen LogP contribution in [0.3, 0.4) is 0 Å². The molecule has 52 valence electrons. The van der Waals surface area contributed by atoms with Crippen LogP contribution in [-0.2, 0) is 0 Å². The Morgan fingerprint density at radius 2 is 2.22 bits per heavy atom. The molecular formula is C7H13NO. The van der Waals surface area contributed by atoms with Gasteiger partial charge in [0.1, 0.15) is 0 Å². The molecule has 0 saturated heterocycles. The van der Waals surface area contributed by atoms with Crippen LogP contribution >= 0.6 is 0 Å². The summed E-state index contributed by atoms with van der Waals surface area (Å²) >= 11 is 0. The topological polar surface area (TPSA) is 46.2 Å². The minimum atomic E-state index is 0.0779. The number of hydrogen-bond acceptors (Lipinski definition) is 2. The van der Waals surface area contributed by atoms with Gasteiger partial charge in [0, 0.05) is 5.70 Å². The number of allylic oxidation sites excluding steroid dienone is 2. The molecule has 0 heterocycles.